The summed E-state index contributed by atoms with van der Waals surface area (Å²) in [6.45, 7) is 0.241. The predicted molar refractivity (Wildman–Crippen MR) is 96.6 cm³/mol. The van der Waals surface area contributed by atoms with E-state index in [-0.39, 0.29) is 38.6 Å². The molecule has 0 atom stereocenters. The van der Waals surface area contributed by atoms with E-state index in [9.17, 15) is 22.8 Å². The molecule has 150 valence electrons. The minimum atomic E-state index is -4.31. The van der Waals surface area contributed by atoms with Gasteiger partial charge >= 0.3 is 12.1 Å². The van der Waals surface area contributed by atoms with E-state index in [0.717, 1.165) is 17.1 Å². The Balaban J connectivity index is 2.14. The van der Waals surface area contributed by atoms with Gasteiger partial charge in [0, 0.05) is 11.0 Å². The Morgan fingerprint density at radius 3 is 2.44 bits per heavy atom. The summed E-state index contributed by atoms with van der Waals surface area (Å²) in [6.07, 6.45) is -5.03. The fourth-order valence-corrected chi connectivity index (χ4v) is 3.86. The lowest BCUT2D eigenvalue weighted by Gasteiger charge is -2.38. The Labute approximate surface area is 163 Å². The van der Waals surface area contributed by atoms with E-state index < -0.39 is 29.5 Å². The minimum Gasteiger partial charge on any atom is -0.467 e. The van der Waals surface area contributed by atoms with Crippen molar-refractivity contribution < 1.29 is 27.5 Å². The molecule has 1 aliphatic rings. The van der Waals surface area contributed by atoms with Crippen molar-refractivity contribution in [1.82, 2.24) is 5.32 Å². The maximum absolute atomic E-state index is 12.9. The van der Waals surface area contributed by atoms with Crippen LogP contribution >= 0.6 is 15.9 Å². The molecule has 1 aromatic rings. The van der Waals surface area contributed by atoms with Crippen LogP contribution in [0.1, 0.15) is 36.8 Å². The van der Waals surface area contributed by atoms with Crippen LogP contribution < -0.4 is 11.1 Å². The van der Waals surface area contributed by atoms with Crippen LogP contribution in [0, 0.1) is 5.92 Å². The van der Waals surface area contributed by atoms with Gasteiger partial charge in [0.25, 0.3) is 0 Å². The van der Waals surface area contributed by atoms with Crippen molar-refractivity contribution in [1.29, 1.82) is 0 Å². The Hall–Kier alpha value is -1.61. The molecular weight excluding hydrogens is 429 g/mol. The number of carbonyl (C=O) groups is 2. The molecule has 1 aromatic carbocycles. The summed E-state index contributed by atoms with van der Waals surface area (Å²) in [5, 5.41) is 2.64. The molecule has 1 amide bonds. The molecule has 27 heavy (non-hydrogen) atoms. The number of nitrogens with one attached hydrogen (secondary N) is 1. The summed E-state index contributed by atoms with van der Waals surface area (Å²) in [5.74, 6) is -2.65. The molecule has 2 rings (SSSR count). The van der Waals surface area contributed by atoms with Crippen LogP contribution in [0.2, 0.25) is 0 Å². The first kappa shape index (κ1) is 21.7. The van der Waals surface area contributed by atoms with E-state index in [1.165, 1.54) is 0 Å². The van der Waals surface area contributed by atoms with Crippen LogP contribution in [0.5, 0.6) is 0 Å². The third-order valence-electron chi connectivity index (χ3n) is 5.00. The first-order chi connectivity index (χ1) is 12.6. The van der Waals surface area contributed by atoms with E-state index in [1.807, 2.05) is 0 Å². The largest absolute Gasteiger partial charge is 0.467 e. The molecule has 0 heterocycles. The van der Waals surface area contributed by atoms with Crippen LogP contribution in [-0.2, 0) is 27.3 Å². The number of hydrogen-bond donors (Lipinski definition) is 2. The lowest BCUT2D eigenvalue weighted by Crippen LogP contribution is -2.58. The predicted octanol–water partition coefficient (Wildman–Crippen LogP) is 3.23. The number of alkyl halides is 3. The molecule has 0 bridgehead atoms. The summed E-state index contributed by atoms with van der Waals surface area (Å²) in [5.41, 5.74) is 5.72. The van der Waals surface area contributed by atoms with Crippen molar-refractivity contribution in [3.8, 4) is 0 Å². The van der Waals surface area contributed by atoms with Gasteiger partial charge in [-0.1, -0.05) is 22.0 Å². The Morgan fingerprint density at radius 2 is 1.93 bits per heavy atom. The van der Waals surface area contributed by atoms with Gasteiger partial charge in [-0.15, -0.1) is 0 Å². The highest BCUT2D eigenvalue weighted by Gasteiger charge is 2.50. The van der Waals surface area contributed by atoms with Crippen LogP contribution in [0.3, 0.4) is 0 Å². The smallest absolute Gasteiger partial charge is 0.391 e. The first-order valence-electron chi connectivity index (χ1n) is 8.55. The Kier molecular flexibility index (Phi) is 6.91. The molecule has 0 spiro atoms. The molecule has 1 fully saturated rings. The number of ether oxygens (including phenoxy) is 1. The lowest BCUT2D eigenvalue weighted by atomic mass is 9.76. The zero-order valence-electron chi connectivity index (χ0n) is 14.9. The van der Waals surface area contributed by atoms with Gasteiger partial charge in [-0.3, -0.25) is 4.79 Å². The number of halogens is 4. The molecule has 1 saturated carbocycles. The van der Waals surface area contributed by atoms with Gasteiger partial charge in [0.05, 0.1) is 19.4 Å². The summed E-state index contributed by atoms with van der Waals surface area (Å²) >= 11 is 3.33. The second kappa shape index (κ2) is 8.60. The topological polar surface area (TPSA) is 81.4 Å². The molecule has 0 radical (unpaired) electrons. The number of rotatable bonds is 5. The van der Waals surface area contributed by atoms with Gasteiger partial charge < -0.3 is 15.8 Å². The average Bonchev–Trinajstić information content (AvgIpc) is 2.60. The number of amides is 1. The van der Waals surface area contributed by atoms with Crippen LogP contribution in [0.4, 0.5) is 13.2 Å². The monoisotopic (exact) mass is 450 g/mol. The van der Waals surface area contributed by atoms with Crippen LogP contribution in [0.15, 0.2) is 22.7 Å². The zero-order valence-corrected chi connectivity index (χ0v) is 16.5. The molecule has 3 N–H and O–H groups in total. The van der Waals surface area contributed by atoms with Crippen molar-refractivity contribution in [2.75, 3.05) is 7.11 Å². The molecule has 0 saturated heterocycles. The SMILES string of the molecule is COC(=O)C1(NC(=O)Cc2cc(Br)ccc2CN)CCC(C(F)(F)F)CC1. The van der Waals surface area contributed by atoms with Crippen molar-refractivity contribution in [3.63, 3.8) is 0 Å². The third kappa shape index (κ3) is 5.22. The minimum absolute atomic E-state index is 0.0343. The zero-order chi connectivity index (χ0) is 20.2. The lowest BCUT2D eigenvalue weighted by molar-refractivity contribution is -0.188. The number of benzene rings is 1. The standard InChI is InChI=1S/C18H22BrF3N2O3/c1-27-16(26)17(6-4-13(5-7-17)18(20,21)22)24-15(25)9-12-8-14(19)3-2-11(12)10-23/h2-3,8,13H,4-7,9-10,23H2,1H3,(H,24,25). The van der Waals surface area contributed by atoms with E-state index >= 15 is 0 Å². The second-order valence-electron chi connectivity index (χ2n) is 6.73. The maximum Gasteiger partial charge on any atom is 0.391 e. The highest BCUT2D eigenvalue weighted by Crippen LogP contribution is 2.41. The molecular formula is C18H22BrF3N2O3. The molecule has 1 aliphatic carbocycles. The van der Waals surface area contributed by atoms with Gasteiger partial charge in [-0.05, 0) is 48.9 Å². The number of nitrogens with two attached hydrogens (primary N) is 1. The maximum atomic E-state index is 12.9. The molecule has 9 heteroatoms. The van der Waals surface area contributed by atoms with Crippen molar-refractivity contribution in [3.05, 3.63) is 33.8 Å². The second-order valence-corrected chi connectivity index (χ2v) is 7.65. The van der Waals surface area contributed by atoms with Crippen molar-refractivity contribution in [2.24, 2.45) is 11.7 Å². The fraction of sp³-hybridized carbons (Fsp3) is 0.556. The fourth-order valence-electron chi connectivity index (χ4n) is 3.46. The highest BCUT2D eigenvalue weighted by atomic mass is 79.9. The van der Waals surface area contributed by atoms with E-state index in [1.54, 1.807) is 18.2 Å². The molecule has 5 nitrogen and oxygen atoms in total. The first-order valence-corrected chi connectivity index (χ1v) is 9.34. The number of esters is 1. The quantitative estimate of drug-likeness (QED) is 0.674. The Bertz CT molecular complexity index is 702. The van der Waals surface area contributed by atoms with Crippen molar-refractivity contribution in [2.45, 2.75) is 50.4 Å². The summed E-state index contributed by atoms with van der Waals surface area (Å²) in [4.78, 5) is 24.8. The summed E-state index contributed by atoms with van der Waals surface area (Å²) in [6, 6.07) is 5.35. The van der Waals surface area contributed by atoms with Gasteiger partial charge in [0.15, 0.2) is 0 Å². The van der Waals surface area contributed by atoms with Crippen LogP contribution in [0.25, 0.3) is 0 Å². The normalized spacial score (nSPS) is 23.0. The summed E-state index contributed by atoms with van der Waals surface area (Å²) < 4.78 is 44.3. The highest BCUT2D eigenvalue weighted by molar-refractivity contribution is 9.10. The Morgan fingerprint density at radius 1 is 1.30 bits per heavy atom. The molecule has 0 aliphatic heterocycles. The molecule has 0 aromatic heterocycles. The third-order valence-corrected chi connectivity index (χ3v) is 5.49. The molecule has 0 unspecified atom stereocenters. The number of methoxy groups -OCH3 is 1. The van der Waals surface area contributed by atoms with Crippen molar-refractivity contribution >= 4 is 27.8 Å². The average molecular weight is 451 g/mol. The van der Waals surface area contributed by atoms with Gasteiger partial charge in [0.2, 0.25) is 5.91 Å². The summed E-state index contributed by atoms with van der Waals surface area (Å²) in [7, 11) is 1.16. The van der Waals surface area contributed by atoms with E-state index in [2.05, 4.69) is 21.2 Å². The van der Waals surface area contributed by atoms with E-state index in [0.29, 0.717) is 5.56 Å². The number of carbonyl (C=O) groups excluding carboxylic acids is 2. The van der Waals surface area contributed by atoms with Gasteiger partial charge in [-0.2, -0.15) is 13.2 Å². The van der Waals surface area contributed by atoms with Crippen LogP contribution in [-0.4, -0.2) is 30.7 Å². The van der Waals surface area contributed by atoms with E-state index in [4.69, 9.17) is 10.5 Å². The number of hydrogen-bond acceptors (Lipinski definition) is 4. The van der Waals surface area contributed by atoms with Gasteiger partial charge in [-0.25, -0.2) is 4.79 Å². The van der Waals surface area contributed by atoms with Gasteiger partial charge in [0.1, 0.15) is 5.54 Å².